The van der Waals surface area contributed by atoms with Crippen molar-refractivity contribution in [2.45, 2.75) is 26.5 Å². The molecular formula is C24H24Cl3NO2. The molecule has 0 bridgehead atoms. The normalized spacial score (nSPS) is 10.8. The van der Waals surface area contributed by atoms with E-state index in [1.165, 1.54) is 5.56 Å². The fraction of sp³-hybridized carbons (Fsp3) is 0.250. The van der Waals surface area contributed by atoms with Gasteiger partial charge < -0.3 is 14.8 Å². The lowest BCUT2D eigenvalue weighted by molar-refractivity contribution is 0.284. The zero-order valence-corrected chi connectivity index (χ0v) is 19.2. The van der Waals surface area contributed by atoms with Crippen molar-refractivity contribution < 1.29 is 9.47 Å². The predicted octanol–water partition coefficient (Wildman–Crippen LogP) is 6.88. The van der Waals surface area contributed by atoms with Gasteiger partial charge >= 0.3 is 0 Å². The van der Waals surface area contributed by atoms with Gasteiger partial charge in [0.25, 0.3) is 0 Å². The van der Waals surface area contributed by atoms with Gasteiger partial charge in [0.2, 0.25) is 0 Å². The fourth-order valence-corrected chi connectivity index (χ4v) is 3.91. The van der Waals surface area contributed by atoms with E-state index in [4.69, 9.17) is 44.3 Å². The molecule has 30 heavy (non-hydrogen) atoms. The largest absolute Gasteiger partial charge is 0.493 e. The van der Waals surface area contributed by atoms with E-state index in [0.29, 0.717) is 39.7 Å². The van der Waals surface area contributed by atoms with Gasteiger partial charge in [-0.2, -0.15) is 0 Å². The van der Waals surface area contributed by atoms with Gasteiger partial charge in [-0.3, -0.25) is 0 Å². The Kier molecular flexibility index (Phi) is 8.29. The molecule has 0 saturated carbocycles. The molecule has 0 spiro atoms. The standard InChI is InChI=1S/C24H24Cl3NO2/c1-16-5-3-4-6-19(16)15-30-24-22(27)11-17(12-23(24)29-2)14-28-10-9-18-7-8-20(25)13-21(18)26/h3-8,11-13,28H,9-10,14-15H2,1-2H3. The maximum Gasteiger partial charge on any atom is 0.180 e. The van der Waals surface area contributed by atoms with Gasteiger partial charge in [-0.05, 0) is 66.4 Å². The summed E-state index contributed by atoms with van der Waals surface area (Å²) < 4.78 is 11.5. The summed E-state index contributed by atoms with van der Waals surface area (Å²) in [5.74, 6) is 1.17. The van der Waals surface area contributed by atoms with Crippen LogP contribution in [0.5, 0.6) is 11.5 Å². The van der Waals surface area contributed by atoms with E-state index in [1.54, 1.807) is 13.2 Å². The van der Waals surface area contributed by atoms with Gasteiger partial charge in [-0.15, -0.1) is 0 Å². The molecule has 0 atom stereocenters. The van der Waals surface area contributed by atoms with E-state index in [2.05, 4.69) is 18.3 Å². The van der Waals surface area contributed by atoms with Crippen LogP contribution in [0, 0.1) is 6.92 Å². The predicted molar refractivity (Wildman–Crippen MR) is 125 cm³/mol. The summed E-state index contributed by atoms with van der Waals surface area (Å²) in [6.07, 6.45) is 0.804. The highest BCUT2D eigenvalue weighted by molar-refractivity contribution is 6.35. The van der Waals surface area contributed by atoms with Crippen molar-refractivity contribution in [3.63, 3.8) is 0 Å². The molecule has 0 unspecified atom stereocenters. The molecule has 6 heteroatoms. The van der Waals surface area contributed by atoms with Crippen LogP contribution in [0.2, 0.25) is 15.1 Å². The van der Waals surface area contributed by atoms with Crippen LogP contribution < -0.4 is 14.8 Å². The molecule has 0 aliphatic rings. The van der Waals surface area contributed by atoms with Crippen molar-refractivity contribution in [3.05, 3.63) is 91.9 Å². The molecule has 0 aromatic heterocycles. The van der Waals surface area contributed by atoms with Crippen molar-refractivity contribution >= 4 is 34.8 Å². The Bertz CT molecular complexity index is 1010. The minimum atomic E-state index is 0.433. The molecule has 0 aliphatic heterocycles. The van der Waals surface area contributed by atoms with Crippen molar-refractivity contribution in [2.75, 3.05) is 13.7 Å². The summed E-state index contributed by atoms with van der Waals surface area (Å²) in [5, 5.41) is 5.26. The minimum Gasteiger partial charge on any atom is -0.493 e. The van der Waals surface area contributed by atoms with E-state index in [0.717, 1.165) is 29.7 Å². The molecule has 0 amide bonds. The first-order valence-corrected chi connectivity index (χ1v) is 10.8. The Morgan fingerprint density at radius 3 is 2.43 bits per heavy atom. The Hall–Kier alpha value is -1.91. The number of hydrogen-bond acceptors (Lipinski definition) is 3. The van der Waals surface area contributed by atoms with Gasteiger partial charge in [-0.25, -0.2) is 0 Å². The molecule has 1 N–H and O–H groups in total. The molecule has 3 rings (SSSR count). The molecular weight excluding hydrogens is 441 g/mol. The summed E-state index contributed by atoms with van der Waals surface area (Å²) >= 11 is 18.7. The lowest BCUT2D eigenvalue weighted by Crippen LogP contribution is -2.17. The van der Waals surface area contributed by atoms with Gasteiger partial charge in [0, 0.05) is 16.6 Å². The maximum absolute atomic E-state index is 6.50. The lowest BCUT2D eigenvalue weighted by atomic mass is 10.1. The van der Waals surface area contributed by atoms with Crippen LogP contribution in [0.1, 0.15) is 22.3 Å². The van der Waals surface area contributed by atoms with Crippen LogP contribution in [-0.2, 0) is 19.6 Å². The maximum atomic E-state index is 6.50. The van der Waals surface area contributed by atoms with Gasteiger partial charge in [-0.1, -0.05) is 65.1 Å². The average Bonchev–Trinajstić information content (AvgIpc) is 2.72. The second-order valence-electron chi connectivity index (χ2n) is 6.99. The third kappa shape index (κ3) is 6.05. The quantitative estimate of drug-likeness (QED) is 0.350. The van der Waals surface area contributed by atoms with Crippen LogP contribution in [0.4, 0.5) is 0 Å². The van der Waals surface area contributed by atoms with E-state index < -0.39 is 0 Å². The average molecular weight is 465 g/mol. The lowest BCUT2D eigenvalue weighted by Gasteiger charge is -2.15. The highest BCUT2D eigenvalue weighted by Gasteiger charge is 2.13. The first kappa shape index (κ1) is 22.8. The summed E-state index contributed by atoms with van der Waals surface area (Å²) in [4.78, 5) is 0. The van der Waals surface area contributed by atoms with Gasteiger partial charge in [0.15, 0.2) is 11.5 Å². The van der Waals surface area contributed by atoms with Crippen molar-refractivity contribution in [3.8, 4) is 11.5 Å². The van der Waals surface area contributed by atoms with Crippen molar-refractivity contribution in [1.82, 2.24) is 5.32 Å². The van der Waals surface area contributed by atoms with Crippen molar-refractivity contribution in [2.24, 2.45) is 0 Å². The smallest absolute Gasteiger partial charge is 0.180 e. The number of nitrogens with one attached hydrogen (secondary N) is 1. The van der Waals surface area contributed by atoms with Crippen LogP contribution in [0.15, 0.2) is 54.6 Å². The third-order valence-electron chi connectivity index (χ3n) is 4.84. The molecule has 0 radical (unpaired) electrons. The monoisotopic (exact) mass is 463 g/mol. The molecule has 3 aromatic carbocycles. The zero-order chi connectivity index (χ0) is 21.5. The summed E-state index contributed by atoms with van der Waals surface area (Å²) in [7, 11) is 1.62. The SMILES string of the molecule is COc1cc(CNCCc2ccc(Cl)cc2Cl)cc(Cl)c1OCc1ccccc1C. The molecule has 0 aliphatic carbocycles. The van der Waals surface area contributed by atoms with E-state index >= 15 is 0 Å². The molecule has 3 aromatic rings. The number of methoxy groups -OCH3 is 1. The van der Waals surface area contributed by atoms with E-state index in [-0.39, 0.29) is 0 Å². The highest BCUT2D eigenvalue weighted by atomic mass is 35.5. The number of rotatable bonds is 9. The first-order chi connectivity index (χ1) is 14.5. The number of ether oxygens (including phenoxy) is 2. The first-order valence-electron chi connectivity index (χ1n) is 9.66. The summed E-state index contributed by atoms with van der Waals surface area (Å²) in [5.41, 5.74) is 4.36. The second-order valence-corrected chi connectivity index (χ2v) is 8.24. The van der Waals surface area contributed by atoms with Gasteiger partial charge in [0.1, 0.15) is 6.61 Å². The van der Waals surface area contributed by atoms with E-state index in [1.807, 2.05) is 42.5 Å². The van der Waals surface area contributed by atoms with Crippen LogP contribution in [-0.4, -0.2) is 13.7 Å². The fourth-order valence-electron chi connectivity index (χ4n) is 3.12. The molecule has 0 heterocycles. The molecule has 0 saturated heterocycles. The summed E-state index contributed by atoms with van der Waals surface area (Å²) in [6, 6.07) is 17.5. The van der Waals surface area contributed by atoms with E-state index in [9.17, 15) is 0 Å². The number of halogens is 3. The minimum absolute atomic E-state index is 0.433. The number of aryl methyl sites for hydroxylation is 1. The Balaban J connectivity index is 1.59. The topological polar surface area (TPSA) is 30.5 Å². The Labute approximate surface area is 192 Å². The zero-order valence-electron chi connectivity index (χ0n) is 17.0. The molecule has 3 nitrogen and oxygen atoms in total. The third-order valence-corrected chi connectivity index (χ3v) is 5.71. The molecule has 0 fully saturated rings. The van der Waals surface area contributed by atoms with Gasteiger partial charge in [0.05, 0.1) is 12.1 Å². The van der Waals surface area contributed by atoms with Crippen LogP contribution >= 0.6 is 34.8 Å². The Morgan fingerprint density at radius 1 is 0.900 bits per heavy atom. The number of benzene rings is 3. The van der Waals surface area contributed by atoms with Crippen LogP contribution in [0.3, 0.4) is 0 Å². The van der Waals surface area contributed by atoms with Crippen molar-refractivity contribution in [1.29, 1.82) is 0 Å². The summed E-state index contributed by atoms with van der Waals surface area (Å²) in [6.45, 7) is 3.91. The highest BCUT2D eigenvalue weighted by Crippen LogP contribution is 2.37. The van der Waals surface area contributed by atoms with Crippen LogP contribution in [0.25, 0.3) is 0 Å². The molecule has 158 valence electrons. The Morgan fingerprint density at radius 2 is 1.70 bits per heavy atom. The second kappa shape index (κ2) is 10.9. The number of hydrogen-bond donors (Lipinski definition) is 1.